The topological polar surface area (TPSA) is 113 Å². The van der Waals surface area contributed by atoms with Crippen molar-refractivity contribution in [3.63, 3.8) is 0 Å². The Bertz CT molecular complexity index is 1310. The Morgan fingerprint density at radius 2 is 1.55 bits per heavy atom. The van der Waals surface area contributed by atoms with Gasteiger partial charge in [-0.3, -0.25) is 19.5 Å². The Hall–Kier alpha value is -3.86. The highest BCUT2D eigenvalue weighted by molar-refractivity contribution is 6.29. The number of benzene rings is 1. The summed E-state index contributed by atoms with van der Waals surface area (Å²) in [6, 6.07) is 13.2. The lowest BCUT2D eigenvalue weighted by atomic mass is 9.87. The molecule has 1 atom stereocenters. The van der Waals surface area contributed by atoms with Gasteiger partial charge in [0.15, 0.2) is 11.0 Å². The van der Waals surface area contributed by atoms with Crippen molar-refractivity contribution in [2.24, 2.45) is 0 Å². The first-order valence-corrected chi connectivity index (χ1v) is 12.4. The molecule has 0 radical (unpaired) electrons. The summed E-state index contributed by atoms with van der Waals surface area (Å²) in [5.41, 5.74) is 1.67. The minimum atomic E-state index is -5.08. The van der Waals surface area contributed by atoms with Crippen molar-refractivity contribution in [2.75, 3.05) is 4.90 Å². The van der Waals surface area contributed by atoms with Crippen LogP contribution in [0.15, 0.2) is 65.3 Å². The Morgan fingerprint density at radius 1 is 0.975 bits per heavy atom. The smallest absolute Gasteiger partial charge is 0.475 e. The molecule has 2 heterocycles. The number of aromatic nitrogens is 1. The van der Waals surface area contributed by atoms with E-state index in [-0.39, 0.29) is 22.3 Å². The van der Waals surface area contributed by atoms with E-state index in [0.717, 1.165) is 5.56 Å². The van der Waals surface area contributed by atoms with Crippen LogP contribution in [0.4, 0.5) is 18.9 Å². The molecule has 0 bridgehead atoms. The molecule has 1 aromatic carbocycles. The summed E-state index contributed by atoms with van der Waals surface area (Å²) in [5.74, 6) is -3.53. The van der Waals surface area contributed by atoms with Gasteiger partial charge >= 0.3 is 12.1 Å². The van der Waals surface area contributed by atoms with E-state index in [9.17, 15) is 22.8 Å². The summed E-state index contributed by atoms with van der Waals surface area (Å²) >= 11 is 5.95. The van der Waals surface area contributed by atoms with Crippen LogP contribution < -0.4 is 10.2 Å². The number of amides is 2. The molecule has 0 fully saturated rings. The van der Waals surface area contributed by atoms with Crippen molar-refractivity contribution in [2.45, 2.75) is 64.7 Å². The number of nitrogens with one attached hydrogen (secondary N) is 1. The highest BCUT2D eigenvalue weighted by Crippen LogP contribution is 2.33. The van der Waals surface area contributed by atoms with Gasteiger partial charge in [-0.2, -0.15) is 13.2 Å². The van der Waals surface area contributed by atoms with Crippen molar-refractivity contribution < 1.29 is 37.1 Å². The zero-order valence-electron chi connectivity index (χ0n) is 22.8. The standard InChI is InChI=1S/C26H30ClN3O3.C2HF3O2/c1-25(2,3)18-9-11-19(12-10-18)30(24(32)20-13-14-21(27)33-20)22(17-8-7-15-28-16-17)23(31)29-26(4,5)6;3-2(4,5)1(6)7/h7-16,22H,1-6H3,(H,29,31);(H,6,7). The largest absolute Gasteiger partial charge is 0.490 e. The Kier molecular flexibility index (Phi) is 10.1. The number of furan rings is 1. The summed E-state index contributed by atoms with van der Waals surface area (Å²) in [6.07, 6.45) is -1.87. The first kappa shape index (κ1) is 32.4. The van der Waals surface area contributed by atoms with Gasteiger partial charge in [0, 0.05) is 29.2 Å². The fraction of sp³-hybridized carbons (Fsp3) is 0.357. The average molecular weight is 582 g/mol. The lowest BCUT2D eigenvalue weighted by Crippen LogP contribution is -2.49. The molecular weight excluding hydrogens is 551 g/mol. The molecule has 0 aliphatic carbocycles. The number of carboxylic acid groups (broad SMARTS) is 1. The molecule has 0 saturated carbocycles. The molecule has 216 valence electrons. The van der Waals surface area contributed by atoms with Crippen molar-refractivity contribution in [1.82, 2.24) is 10.3 Å². The van der Waals surface area contributed by atoms with Crippen LogP contribution in [-0.4, -0.2) is 39.6 Å². The lowest BCUT2D eigenvalue weighted by Gasteiger charge is -2.33. The molecule has 2 N–H and O–H groups in total. The van der Waals surface area contributed by atoms with Crippen LogP contribution in [0, 0.1) is 0 Å². The number of rotatable bonds is 5. The number of hydrogen-bond donors (Lipinski definition) is 2. The van der Waals surface area contributed by atoms with Gasteiger partial charge in [-0.05, 0) is 73.7 Å². The van der Waals surface area contributed by atoms with Gasteiger partial charge in [0.2, 0.25) is 5.91 Å². The molecule has 1 unspecified atom stereocenters. The SMILES string of the molecule is CC(C)(C)NC(=O)C(c1cccnc1)N(C(=O)c1ccc(Cl)o1)c1ccc(C(C)(C)C)cc1.O=C(O)C(F)(F)F. The first-order chi connectivity index (χ1) is 18.3. The van der Waals surface area contributed by atoms with Crippen LogP contribution in [-0.2, 0) is 15.0 Å². The minimum absolute atomic E-state index is 0.0392. The van der Waals surface area contributed by atoms with Crippen molar-refractivity contribution in [3.8, 4) is 0 Å². The second kappa shape index (κ2) is 12.5. The van der Waals surface area contributed by atoms with Gasteiger partial charge < -0.3 is 14.8 Å². The maximum absolute atomic E-state index is 13.7. The number of anilines is 1. The number of carbonyl (C=O) groups excluding carboxylic acids is 2. The van der Waals surface area contributed by atoms with E-state index in [1.165, 1.54) is 17.0 Å². The summed E-state index contributed by atoms with van der Waals surface area (Å²) in [5, 5.41) is 10.2. The normalized spacial score (nSPS) is 12.6. The van der Waals surface area contributed by atoms with E-state index in [2.05, 4.69) is 31.1 Å². The molecule has 3 aromatic rings. The number of pyridine rings is 1. The predicted molar refractivity (Wildman–Crippen MR) is 144 cm³/mol. The molecule has 40 heavy (non-hydrogen) atoms. The van der Waals surface area contributed by atoms with Gasteiger partial charge in [0.25, 0.3) is 5.91 Å². The van der Waals surface area contributed by atoms with Gasteiger partial charge in [0.05, 0.1) is 0 Å². The zero-order valence-corrected chi connectivity index (χ0v) is 23.6. The summed E-state index contributed by atoms with van der Waals surface area (Å²) in [6.45, 7) is 12.0. The monoisotopic (exact) mass is 581 g/mol. The number of carboxylic acids is 1. The van der Waals surface area contributed by atoms with E-state index in [1.807, 2.05) is 45.0 Å². The number of halogens is 4. The Balaban J connectivity index is 0.000000708. The summed E-state index contributed by atoms with van der Waals surface area (Å²) < 4.78 is 37.2. The number of hydrogen-bond acceptors (Lipinski definition) is 5. The zero-order chi connectivity index (χ0) is 30.5. The quantitative estimate of drug-likeness (QED) is 0.353. The lowest BCUT2D eigenvalue weighted by molar-refractivity contribution is -0.192. The fourth-order valence-corrected chi connectivity index (χ4v) is 3.59. The molecule has 2 aromatic heterocycles. The third kappa shape index (κ3) is 9.11. The number of aliphatic carboxylic acids is 1. The van der Waals surface area contributed by atoms with Gasteiger partial charge in [-0.25, -0.2) is 4.79 Å². The van der Waals surface area contributed by atoms with Crippen LogP contribution in [0.5, 0.6) is 0 Å². The fourth-order valence-electron chi connectivity index (χ4n) is 3.45. The maximum Gasteiger partial charge on any atom is 0.490 e. The predicted octanol–water partition coefficient (Wildman–Crippen LogP) is 6.56. The molecule has 3 rings (SSSR count). The van der Waals surface area contributed by atoms with Crippen LogP contribution in [0.3, 0.4) is 0 Å². The van der Waals surface area contributed by atoms with E-state index in [0.29, 0.717) is 11.3 Å². The highest BCUT2D eigenvalue weighted by atomic mass is 35.5. The number of carbonyl (C=O) groups is 3. The van der Waals surface area contributed by atoms with Crippen LogP contribution in [0.1, 0.15) is 69.3 Å². The Morgan fingerprint density at radius 3 is 1.95 bits per heavy atom. The molecule has 8 nitrogen and oxygen atoms in total. The van der Waals surface area contributed by atoms with E-state index in [4.69, 9.17) is 25.9 Å². The van der Waals surface area contributed by atoms with E-state index >= 15 is 0 Å². The second-order valence-electron chi connectivity index (χ2n) is 10.8. The van der Waals surface area contributed by atoms with E-state index in [1.54, 1.807) is 24.5 Å². The summed E-state index contributed by atoms with van der Waals surface area (Å²) in [4.78, 5) is 41.8. The Labute approximate surface area is 235 Å². The number of nitrogens with zero attached hydrogens (tertiary/aromatic N) is 2. The molecule has 0 saturated heterocycles. The average Bonchev–Trinajstić information content (AvgIpc) is 3.27. The van der Waals surface area contributed by atoms with Gasteiger partial charge in [-0.1, -0.05) is 39.0 Å². The number of alkyl halides is 3. The summed E-state index contributed by atoms with van der Waals surface area (Å²) in [7, 11) is 0. The molecule has 0 aliphatic rings. The van der Waals surface area contributed by atoms with Crippen LogP contribution in [0.2, 0.25) is 5.22 Å². The van der Waals surface area contributed by atoms with Crippen LogP contribution in [0.25, 0.3) is 0 Å². The second-order valence-corrected chi connectivity index (χ2v) is 11.2. The third-order valence-corrected chi connectivity index (χ3v) is 5.46. The highest BCUT2D eigenvalue weighted by Gasteiger charge is 2.38. The third-order valence-electron chi connectivity index (χ3n) is 5.26. The van der Waals surface area contributed by atoms with Crippen LogP contribution >= 0.6 is 11.6 Å². The maximum atomic E-state index is 13.7. The first-order valence-electron chi connectivity index (χ1n) is 12.0. The molecule has 2 amide bonds. The minimum Gasteiger partial charge on any atom is -0.475 e. The van der Waals surface area contributed by atoms with Gasteiger partial charge in [-0.15, -0.1) is 0 Å². The van der Waals surface area contributed by atoms with Crippen molar-refractivity contribution in [3.05, 3.63) is 83.0 Å². The molecular formula is C28H31ClF3N3O5. The molecule has 0 spiro atoms. The van der Waals surface area contributed by atoms with E-state index < -0.39 is 29.6 Å². The van der Waals surface area contributed by atoms with Gasteiger partial charge in [0.1, 0.15) is 6.04 Å². The van der Waals surface area contributed by atoms with Crippen molar-refractivity contribution in [1.29, 1.82) is 0 Å². The van der Waals surface area contributed by atoms with Crippen molar-refractivity contribution >= 4 is 35.1 Å². The molecule has 12 heteroatoms. The molecule has 0 aliphatic heterocycles.